The van der Waals surface area contributed by atoms with E-state index in [4.69, 9.17) is 5.11 Å². The Hall–Kier alpha value is -1.79. The first-order chi connectivity index (χ1) is 8.40. The Morgan fingerprint density at radius 2 is 2.11 bits per heavy atom. The predicted molar refractivity (Wildman–Crippen MR) is 64.1 cm³/mol. The number of carbonyl (C=O) groups excluding carboxylic acids is 2. The highest BCUT2D eigenvalue weighted by Gasteiger charge is 2.28. The van der Waals surface area contributed by atoms with Crippen LogP contribution in [0.2, 0.25) is 0 Å². The summed E-state index contributed by atoms with van der Waals surface area (Å²) in [6, 6.07) is -0.191. The van der Waals surface area contributed by atoms with Gasteiger partial charge in [0.25, 0.3) is 0 Å². The van der Waals surface area contributed by atoms with Gasteiger partial charge in [-0.2, -0.15) is 0 Å². The normalized spacial score (nSPS) is 18.6. The SMILES string of the molecule is CC(=O)NC1CCN(C(=O)N(C)CCC(=O)O)C1. The van der Waals surface area contributed by atoms with Crippen LogP contribution in [0.15, 0.2) is 0 Å². The number of hydrogen-bond donors (Lipinski definition) is 2. The van der Waals surface area contributed by atoms with Crippen molar-refractivity contribution in [1.82, 2.24) is 15.1 Å². The largest absolute Gasteiger partial charge is 0.481 e. The molecule has 1 rings (SSSR count). The third-order valence-electron chi connectivity index (χ3n) is 2.85. The Morgan fingerprint density at radius 1 is 1.44 bits per heavy atom. The third-order valence-corrected chi connectivity index (χ3v) is 2.85. The van der Waals surface area contributed by atoms with E-state index in [1.165, 1.54) is 11.8 Å². The van der Waals surface area contributed by atoms with Gasteiger partial charge < -0.3 is 20.2 Å². The van der Waals surface area contributed by atoms with Crippen LogP contribution in [-0.4, -0.2) is 65.5 Å². The van der Waals surface area contributed by atoms with E-state index in [9.17, 15) is 14.4 Å². The minimum atomic E-state index is -0.924. The minimum absolute atomic E-state index is 0.000626. The number of likely N-dealkylation sites (tertiary alicyclic amines) is 1. The Kier molecular flexibility index (Phi) is 4.94. The zero-order chi connectivity index (χ0) is 13.7. The lowest BCUT2D eigenvalue weighted by Crippen LogP contribution is -2.43. The van der Waals surface area contributed by atoms with Crippen molar-refractivity contribution >= 4 is 17.9 Å². The van der Waals surface area contributed by atoms with Gasteiger partial charge in [-0.1, -0.05) is 0 Å². The summed E-state index contributed by atoms with van der Waals surface area (Å²) in [5.74, 6) is -1.03. The Balaban J connectivity index is 2.39. The van der Waals surface area contributed by atoms with Crippen LogP contribution in [0.1, 0.15) is 19.8 Å². The molecule has 0 aromatic rings. The zero-order valence-corrected chi connectivity index (χ0v) is 10.7. The van der Waals surface area contributed by atoms with Gasteiger partial charge in [-0.05, 0) is 6.42 Å². The number of carboxylic acids is 1. The molecule has 0 spiro atoms. The molecule has 7 nitrogen and oxygen atoms in total. The van der Waals surface area contributed by atoms with Crippen LogP contribution in [-0.2, 0) is 9.59 Å². The van der Waals surface area contributed by atoms with E-state index in [2.05, 4.69) is 5.32 Å². The number of carbonyl (C=O) groups is 3. The van der Waals surface area contributed by atoms with Gasteiger partial charge in [0.15, 0.2) is 0 Å². The number of nitrogens with one attached hydrogen (secondary N) is 1. The number of urea groups is 1. The first kappa shape index (κ1) is 14.3. The smallest absolute Gasteiger partial charge is 0.319 e. The summed E-state index contributed by atoms with van der Waals surface area (Å²) in [6.45, 7) is 2.70. The molecule has 1 unspecified atom stereocenters. The Bertz CT molecular complexity index is 345. The second-order valence-electron chi connectivity index (χ2n) is 4.48. The molecule has 0 bridgehead atoms. The van der Waals surface area contributed by atoms with Gasteiger partial charge >= 0.3 is 12.0 Å². The van der Waals surface area contributed by atoms with Crippen LogP contribution in [0, 0.1) is 0 Å². The second-order valence-corrected chi connectivity index (χ2v) is 4.48. The molecule has 0 radical (unpaired) electrons. The summed E-state index contributed by atoms with van der Waals surface area (Å²) in [5.41, 5.74) is 0. The lowest BCUT2D eigenvalue weighted by Gasteiger charge is -2.24. The molecule has 2 N–H and O–H groups in total. The van der Waals surface area contributed by atoms with Gasteiger partial charge in [0.05, 0.1) is 6.42 Å². The molecule has 0 aromatic carbocycles. The van der Waals surface area contributed by atoms with Gasteiger partial charge in [0, 0.05) is 39.6 Å². The quantitative estimate of drug-likeness (QED) is 0.725. The van der Waals surface area contributed by atoms with Gasteiger partial charge in [-0.25, -0.2) is 4.79 Å². The summed E-state index contributed by atoms with van der Waals surface area (Å²) < 4.78 is 0. The number of hydrogen-bond acceptors (Lipinski definition) is 3. The number of rotatable bonds is 4. The molecule has 1 fully saturated rings. The van der Waals surface area contributed by atoms with Gasteiger partial charge in [0.1, 0.15) is 0 Å². The van der Waals surface area contributed by atoms with Gasteiger partial charge in [0.2, 0.25) is 5.91 Å². The molecular weight excluding hydrogens is 238 g/mol. The molecule has 1 atom stereocenters. The van der Waals surface area contributed by atoms with Crippen LogP contribution in [0.25, 0.3) is 0 Å². The fraction of sp³-hybridized carbons (Fsp3) is 0.727. The summed E-state index contributed by atoms with van der Waals surface area (Å²) >= 11 is 0. The molecule has 1 aliphatic rings. The van der Waals surface area contributed by atoms with E-state index in [-0.39, 0.29) is 30.9 Å². The van der Waals surface area contributed by atoms with Crippen LogP contribution in [0.5, 0.6) is 0 Å². The average molecular weight is 257 g/mol. The van der Waals surface area contributed by atoms with E-state index in [0.717, 1.165) is 6.42 Å². The first-order valence-corrected chi connectivity index (χ1v) is 5.89. The fourth-order valence-corrected chi connectivity index (χ4v) is 1.94. The second kappa shape index (κ2) is 6.23. The van der Waals surface area contributed by atoms with E-state index in [0.29, 0.717) is 13.1 Å². The fourth-order valence-electron chi connectivity index (χ4n) is 1.94. The van der Waals surface area contributed by atoms with Gasteiger partial charge in [-0.3, -0.25) is 9.59 Å². The molecule has 18 heavy (non-hydrogen) atoms. The minimum Gasteiger partial charge on any atom is -0.481 e. The highest BCUT2D eigenvalue weighted by atomic mass is 16.4. The van der Waals surface area contributed by atoms with Crippen molar-refractivity contribution in [3.63, 3.8) is 0 Å². The van der Waals surface area contributed by atoms with Gasteiger partial charge in [-0.15, -0.1) is 0 Å². The average Bonchev–Trinajstić information content (AvgIpc) is 2.72. The van der Waals surface area contributed by atoms with Crippen molar-refractivity contribution in [2.75, 3.05) is 26.7 Å². The Labute approximate surface area is 106 Å². The van der Waals surface area contributed by atoms with E-state index >= 15 is 0 Å². The van der Waals surface area contributed by atoms with Crippen molar-refractivity contribution in [3.8, 4) is 0 Å². The monoisotopic (exact) mass is 257 g/mol. The maximum atomic E-state index is 11.9. The Morgan fingerprint density at radius 3 is 2.67 bits per heavy atom. The van der Waals surface area contributed by atoms with Crippen LogP contribution in [0.3, 0.4) is 0 Å². The van der Waals surface area contributed by atoms with Crippen molar-refractivity contribution < 1.29 is 19.5 Å². The summed E-state index contributed by atoms with van der Waals surface area (Å²) in [6.07, 6.45) is 0.670. The highest BCUT2D eigenvalue weighted by Crippen LogP contribution is 2.11. The maximum absolute atomic E-state index is 11.9. The van der Waals surface area contributed by atoms with Crippen molar-refractivity contribution in [2.24, 2.45) is 0 Å². The lowest BCUT2D eigenvalue weighted by molar-refractivity contribution is -0.137. The highest BCUT2D eigenvalue weighted by molar-refractivity contribution is 5.76. The molecule has 0 saturated carbocycles. The topological polar surface area (TPSA) is 90.0 Å². The molecule has 7 heteroatoms. The molecule has 1 heterocycles. The standard InChI is InChI=1S/C11H19N3O4/c1-8(15)12-9-3-6-14(7-9)11(18)13(2)5-4-10(16)17/h9H,3-7H2,1-2H3,(H,12,15)(H,16,17). The van der Waals surface area contributed by atoms with E-state index < -0.39 is 5.97 Å². The number of nitrogens with zero attached hydrogens (tertiary/aromatic N) is 2. The number of carboxylic acid groups (broad SMARTS) is 1. The summed E-state index contributed by atoms with van der Waals surface area (Å²) in [7, 11) is 1.58. The van der Waals surface area contributed by atoms with Crippen molar-refractivity contribution in [2.45, 2.75) is 25.8 Å². The number of aliphatic carboxylic acids is 1. The molecule has 3 amide bonds. The van der Waals surface area contributed by atoms with Crippen LogP contribution >= 0.6 is 0 Å². The van der Waals surface area contributed by atoms with Crippen LogP contribution < -0.4 is 5.32 Å². The van der Waals surface area contributed by atoms with E-state index in [1.54, 1.807) is 11.9 Å². The third kappa shape index (κ3) is 4.23. The molecule has 1 saturated heterocycles. The first-order valence-electron chi connectivity index (χ1n) is 5.89. The predicted octanol–water partition coefficient (Wildman–Crippen LogP) is -0.277. The molecule has 0 aromatic heterocycles. The maximum Gasteiger partial charge on any atom is 0.319 e. The van der Waals surface area contributed by atoms with Crippen LogP contribution in [0.4, 0.5) is 4.79 Å². The molecule has 0 aliphatic carbocycles. The summed E-state index contributed by atoms with van der Waals surface area (Å²) in [4.78, 5) is 36.3. The number of amides is 3. The molecular formula is C11H19N3O4. The molecule has 1 aliphatic heterocycles. The zero-order valence-electron chi connectivity index (χ0n) is 10.7. The molecule has 102 valence electrons. The summed E-state index contributed by atoms with van der Waals surface area (Å²) in [5, 5.41) is 11.3. The van der Waals surface area contributed by atoms with Crippen molar-refractivity contribution in [3.05, 3.63) is 0 Å². The van der Waals surface area contributed by atoms with Crippen molar-refractivity contribution in [1.29, 1.82) is 0 Å². The lowest BCUT2D eigenvalue weighted by atomic mass is 10.3. The van der Waals surface area contributed by atoms with E-state index in [1.807, 2.05) is 0 Å².